The molecule has 0 saturated carbocycles. The van der Waals surface area contributed by atoms with E-state index in [1.807, 2.05) is 32.0 Å². The fraction of sp³-hybridized carbons (Fsp3) is 0.500. The third-order valence-electron chi connectivity index (χ3n) is 3.47. The molecule has 0 bridgehead atoms. The van der Waals surface area contributed by atoms with Crippen molar-refractivity contribution in [2.24, 2.45) is 0 Å². The van der Waals surface area contributed by atoms with Crippen LogP contribution in [0.5, 0.6) is 0 Å². The van der Waals surface area contributed by atoms with Gasteiger partial charge in [-0.25, -0.2) is 0 Å². The number of benzene rings is 1. The molecule has 0 spiro atoms. The van der Waals surface area contributed by atoms with E-state index < -0.39 is 5.60 Å². The number of hydrogen-bond acceptors (Lipinski definition) is 3. The largest absolute Gasteiger partial charge is 0.386 e. The Bertz CT molecular complexity index is 486. The number of thioether (sulfide) groups is 1. The number of likely N-dealkylation sites (tertiary alicyclic amines) is 1. The lowest BCUT2D eigenvalue weighted by Gasteiger charge is -2.46. The summed E-state index contributed by atoms with van der Waals surface area (Å²) in [5, 5.41) is 9.89. The SMILES string of the molecule is CCC1(O)CN(C(=O)CSc2ccc(Br)cc2C)C1. The Hall–Kier alpha value is -0.520. The van der Waals surface area contributed by atoms with Crippen LogP contribution in [0.3, 0.4) is 0 Å². The van der Waals surface area contributed by atoms with Crippen molar-refractivity contribution < 1.29 is 9.90 Å². The maximum Gasteiger partial charge on any atom is 0.233 e. The summed E-state index contributed by atoms with van der Waals surface area (Å²) >= 11 is 4.98. The minimum Gasteiger partial charge on any atom is -0.386 e. The first kappa shape index (κ1) is 14.9. The number of nitrogens with zero attached hydrogens (tertiary/aromatic N) is 1. The Kier molecular flexibility index (Phi) is 4.58. The molecule has 5 heteroatoms. The van der Waals surface area contributed by atoms with E-state index in [4.69, 9.17) is 0 Å². The zero-order valence-corrected chi connectivity index (χ0v) is 13.6. The zero-order chi connectivity index (χ0) is 14.0. The molecule has 0 radical (unpaired) electrons. The van der Waals surface area contributed by atoms with Crippen molar-refractivity contribution in [1.29, 1.82) is 0 Å². The van der Waals surface area contributed by atoms with Crippen LogP contribution in [0, 0.1) is 6.92 Å². The van der Waals surface area contributed by atoms with Crippen molar-refractivity contribution in [2.45, 2.75) is 30.8 Å². The predicted molar refractivity (Wildman–Crippen MR) is 81.4 cm³/mol. The van der Waals surface area contributed by atoms with Crippen LogP contribution >= 0.6 is 27.7 Å². The molecule has 1 fully saturated rings. The molecule has 3 nitrogen and oxygen atoms in total. The van der Waals surface area contributed by atoms with E-state index in [-0.39, 0.29) is 5.91 Å². The monoisotopic (exact) mass is 343 g/mol. The van der Waals surface area contributed by atoms with Crippen molar-refractivity contribution >= 4 is 33.6 Å². The van der Waals surface area contributed by atoms with Crippen LogP contribution in [-0.4, -0.2) is 40.4 Å². The molecule has 1 saturated heterocycles. The Morgan fingerprint density at radius 3 is 2.79 bits per heavy atom. The zero-order valence-electron chi connectivity index (χ0n) is 11.1. The van der Waals surface area contributed by atoms with Crippen LogP contribution in [-0.2, 0) is 4.79 Å². The average molecular weight is 344 g/mol. The number of halogens is 1. The van der Waals surface area contributed by atoms with Gasteiger partial charge in [-0.05, 0) is 37.1 Å². The molecule has 0 unspecified atom stereocenters. The highest BCUT2D eigenvalue weighted by Crippen LogP contribution is 2.28. The lowest BCUT2D eigenvalue weighted by Crippen LogP contribution is -2.63. The van der Waals surface area contributed by atoms with Gasteiger partial charge in [0.2, 0.25) is 5.91 Å². The topological polar surface area (TPSA) is 40.5 Å². The molecule has 104 valence electrons. The van der Waals surface area contributed by atoms with Gasteiger partial charge in [-0.15, -0.1) is 11.8 Å². The quantitative estimate of drug-likeness (QED) is 0.854. The number of aliphatic hydroxyl groups is 1. The average Bonchev–Trinajstić information content (AvgIpc) is 2.33. The molecule has 1 heterocycles. The van der Waals surface area contributed by atoms with Crippen LogP contribution in [0.25, 0.3) is 0 Å². The van der Waals surface area contributed by atoms with E-state index in [1.165, 1.54) is 5.56 Å². The van der Waals surface area contributed by atoms with Gasteiger partial charge in [0, 0.05) is 9.37 Å². The lowest BCUT2D eigenvalue weighted by molar-refractivity contribution is -0.152. The van der Waals surface area contributed by atoms with Gasteiger partial charge in [-0.2, -0.15) is 0 Å². The van der Waals surface area contributed by atoms with Crippen LogP contribution < -0.4 is 0 Å². The Labute approximate surface area is 126 Å². The van der Waals surface area contributed by atoms with Crippen LogP contribution in [0.15, 0.2) is 27.6 Å². The molecule has 1 aromatic rings. The van der Waals surface area contributed by atoms with Crippen LogP contribution in [0.1, 0.15) is 18.9 Å². The van der Waals surface area contributed by atoms with Crippen molar-refractivity contribution in [1.82, 2.24) is 4.90 Å². The third-order valence-corrected chi connectivity index (χ3v) is 5.12. The fourth-order valence-electron chi connectivity index (χ4n) is 2.07. The standard InChI is InChI=1S/C14H18BrNO2S/c1-3-14(18)8-16(9-14)13(17)7-19-12-5-4-11(15)6-10(12)2/h4-6,18H,3,7-9H2,1-2H3. The predicted octanol–water partition coefficient (Wildman–Crippen LogP) is 2.83. The van der Waals surface area contributed by atoms with Crippen molar-refractivity contribution in [3.63, 3.8) is 0 Å². The molecule has 1 aromatic carbocycles. The van der Waals surface area contributed by atoms with E-state index in [0.717, 1.165) is 9.37 Å². The Morgan fingerprint density at radius 1 is 1.53 bits per heavy atom. The van der Waals surface area contributed by atoms with Gasteiger partial charge >= 0.3 is 0 Å². The molecule has 1 amide bonds. The number of carbonyl (C=O) groups excluding carboxylic acids is 1. The van der Waals surface area contributed by atoms with Gasteiger partial charge in [0.1, 0.15) is 0 Å². The lowest BCUT2D eigenvalue weighted by atomic mass is 9.91. The summed E-state index contributed by atoms with van der Waals surface area (Å²) in [6, 6.07) is 6.06. The fourth-order valence-corrected chi connectivity index (χ4v) is 3.46. The van der Waals surface area contributed by atoms with E-state index in [1.54, 1.807) is 16.7 Å². The van der Waals surface area contributed by atoms with Gasteiger partial charge in [0.15, 0.2) is 0 Å². The van der Waals surface area contributed by atoms with Gasteiger partial charge in [0.25, 0.3) is 0 Å². The van der Waals surface area contributed by atoms with Gasteiger partial charge in [-0.3, -0.25) is 4.79 Å². The van der Waals surface area contributed by atoms with Gasteiger partial charge < -0.3 is 10.0 Å². The minimum atomic E-state index is -0.645. The normalized spacial score (nSPS) is 17.2. The first-order chi connectivity index (χ1) is 8.93. The number of amides is 1. The molecule has 1 N–H and O–H groups in total. The molecule has 0 atom stereocenters. The summed E-state index contributed by atoms with van der Waals surface area (Å²) in [5.74, 6) is 0.535. The summed E-state index contributed by atoms with van der Waals surface area (Å²) in [7, 11) is 0. The van der Waals surface area contributed by atoms with Crippen LogP contribution in [0.4, 0.5) is 0 Å². The molecule has 19 heavy (non-hydrogen) atoms. The maximum absolute atomic E-state index is 12.0. The highest BCUT2D eigenvalue weighted by molar-refractivity contribution is 9.10. The second-order valence-corrected chi connectivity index (χ2v) is 6.96. The van der Waals surface area contributed by atoms with E-state index >= 15 is 0 Å². The maximum atomic E-state index is 12.0. The van der Waals surface area contributed by atoms with Gasteiger partial charge in [0.05, 0.1) is 24.4 Å². The summed E-state index contributed by atoms with van der Waals surface area (Å²) < 4.78 is 1.05. The smallest absolute Gasteiger partial charge is 0.233 e. The van der Waals surface area contributed by atoms with Crippen LogP contribution in [0.2, 0.25) is 0 Å². The molecular weight excluding hydrogens is 326 g/mol. The number of hydrogen-bond donors (Lipinski definition) is 1. The summed E-state index contributed by atoms with van der Waals surface area (Å²) in [6.45, 7) is 4.93. The minimum absolute atomic E-state index is 0.102. The first-order valence-corrected chi connectivity index (χ1v) is 8.10. The van der Waals surface area contributed by atoms with Crippen molar-refractivity contribution in [3.05, 3.63) is 28.2 Å². The van der Waals surface area contributed by atoms with E-state index in [9.17, 15) is 9.90 Å². The summed E-state index contributed by atoms with van der Waals surface area (Å²) in [6.07, 6.45) is 0.704. The summed E-state index contributed by atoms with van der Waals surface area (Å²) in [4.78, 5) is 14.8. The first-order valence-electron chi connectivity index (χ1n) is 6.32. The highest BCUT2D eigenvalue weighted by atomic mass is 79.9. The molecule has 2 rings (SSSR count). The highest BCUT2D eigenvalue weighted by Gasteiger charge is 2.41. The number of β-amino-alcohol motifs (C(OH)–C–C–N with tert-alkyl or cyclic N) is 1. The second-order valence-electron chi connectivity index (χ2n) is 5.03. The number of carbonyl (C=O) groups is 1. The Balaban J connectivity index is 1.85. The number of rotatable bonds is 4. The molecule has 0 aromatic heterocycles. The third kappa shape index (κ3) is 3.52. The van der Waals surface area contributed by atoms with Gasteiger partial charge in [-0.1, -0.05) is 22.9 Å². The number of aryl methyl sites for hydroxylation is 1. The second kappa shape index (κ2) is 5.85. The van der Waals surface area contributed by atoms with E-state index in [2.05, 4.69) is 15.9 Å². The molecular formula is C14H18BrNO2S. The van der Waals surface area contributed by atoms with Crippen molar-refractivity contribution in [3.8, 4) is 0 Å². The molecule has 0 aliphatic carbocycles. The van der Waals surface area contributed by atoms with Crippen molar-refractivity contribution in [2.75, 3.05) is 18.8 Å². The summed E-state index contributed by atoms with van der Waals surface area (Å²) in [5.41, 5.74) is 0.522. The molecule has 1 aliphatic heterocycles. The molecule has 1 aliphatic rings. The Morgan fingerprint density at radius 2 is 2.21 bits per heavy atom. The van der Waals surface area contributed by atoms with E-state index in [0.29, 0.717) is 25.3 Å².